The molecule has 132 valence electrons. The number of fused-ring (bicyclic) bond motifs is 1. The van der Waals surface area contributed by atoms with Gasteiger partial charge in [-0.25, -0.2) is 4.68 Å². The first-order valence-electron chi connectivity index (χ1n) is 8.04. The van der Waals surface area contributed by atoms with Crippen LogP contribution in [0.2, 0.25) is 0 Å². The number of halogens is 3. The predicted molar refractivity (Wildman–Crippen MR) is 90.1 cm³/mol. The number of alkyl halides is 3. The van der Waals surface area contributed by atoms with Gasteiger partial charge in [-0.1, -0.05) is 36.4 Å². The Morgan fingerprint density at radius 1 is 1.00 bits per heavy atom. The summed E-state index contributed by atoms with van der Waals surface area (Å²) in [6.45, 7) is 0. The van der Waals surface area contributed by atoms with Gasteiger partial charge in [0, 0.05) is 17.9 Å². The molecular formula is C19H14F3N3O. The van der Waals surface area contributed by atoms with Crippen LogP contribution in [-0.4, -0.2) is 15.7 Å². The van der Waals surface area contributed by atoms with E-state index in [1.54, 1.807) is 6.07 Å². The molecule has 0 saturated carbocycles. The number of hydrogen-bond acceptors (Lipinski definition) is 2. The molecule has 1 aliphatic rings. The first-order valence-corrected chi connectivity index (χ1v) is 8.04. The zero-order valence-corrected chi connectivity index (χ0v) is 13.5. The molecule has 1 atom stereocenters. The van der Waals surface area contributed by atoms with Gasteiger partial charge in [0.1, 0.15) is 5.82 Å². The van der Waals surface area contributed by atoms with Gasteiger partial charge in [0.2, 0.25) is 5.91 Å². The van der Waals surface area contributed by atoms with E-state index < -0.39 is 17.7 Å². The lowest BCUT2D eigenvalue weighted by atomic mass is 9.84. The van der Waals surface area contributed by atoms with Crippen LogP contribution in [0.1, 0.15) is 29.0 Å². The standard InChI is InChI=1S/C19H14F3N3O/c20-19(21,22)16-9-5-4-8-13(16)14-10-17(26)24-18-15(14)11-23-25(18)12-6-2-1-3-7-12/h1-9,11,14H,10H2,(H,24,26)/t14-/m0/s1. The number of rotatable bonds is 2. The Bertz CT molecular complexity index is 964. The van der Waals surface area contributed by atoms with Crippen molar-refractivity contribution < 1.29 is 18.0 Å². The largest absolute Gasteiger partial charge is 0.416 e. The summed E-state index contributed by atoms with van der Waals surface area (Å²) in [7, 11) is 0. The Hall–Kier alpha value is -3.09. The maximum absolute atomic E-state index is 13.4. The molecule has 1 aromatic heterocycles. The van der Waals surface area contributed by atoms with Crippen LogP contribution in [-0.2, 0) is 11.0 Å². The Morgan fingerprint density at radius 3 is 2.42 bits per heavy atom. The molecule has 0 saturated heterocycles. The van der Waals surface area contributed by atoms with Crippen molar-refractivity contribution in [3.8, 4) is 5.69 Å². The number of nitrogens with one attached hydrogen (secondary N) is 1. The molecule has 7 heteroatoms. The molecule has 0 bridgehead atoms. The van der Waals surface area contributed by atoms with Gasteiger partial charge in [-0.15, -0.1) is 0 Å². The van der Waals surface area contributed by atoms with Crippen LogP contribution in [0.15, 0.2) is 60.8 Å². The normalized spacial score (nSPS) is 16.9. The van der Waals surface area contributed by atoms with E-state index in [4.69, 9.17) is 0 Å². The molecule has 26 heavy (non-hydrogen) atoms. The van der Waals surface area contributed by atoms with E-state index >= 15 is 0 Å². The lowest BCUT2D eigenvalue weighted by molar-refractivity contribution is -0.138. The smallest absolute Gasteiger partial charge is 0.310 e. The highest BCUT2D eigenvalue weighted by Crippen LogP contribution is 2.43. The number of carbonyl (C=O) groups excluding carboxylic acids is 1. The summed E-state index contributed by atoms with van der Waals surface area (Å²) >= 11 is 0. The molecule has 0 fully saturated rings. The van der Waals surface area contributed by atoms with E-state index in [1.807, 2.05) is 30.3 Å². The number of hydrogen-bond donors (Lipinski definition) is 1. The minimum absolute atomic E-state index is 0.0550. The number of aromatic nitrogens is 2. The zero-order chi connectivity index (χ0) is 18.3. The highest BCUT2D eigenvalue weighted by atomic mass is 19.4. The average Bonchev–Trinajstić information content (AvgIpc) is 3.05. The van der Waals surface area contributed by atoms with Crippen molar-refractivity contribution in [2.75, 3.05) is 5.32 Å². The van der Waals surface area contributed by atoms with Crippen LogP contribution >= 0.6 is 0 Å². The zero-order valence-electron chi connectivity index (χ0n) is 13.5. The molecule has 1 aliphatic heterocycles. The van der Waals surface area contributed by atoms with Crippen LogP contribution in [0.25, 0.3) is 5.69 Å². The van der Waals surface area contributed by atoms with E-state index in [1.165, 1.54) is 23.0 Å². The number of nitrogens with zero attached hydrogens (tertiary/aromatic N) is 2. The Morgan fingerprint density at radius 2 is 1.69 bits per heavy atom. The Balaban J connectivity index is 1.86. The van der Waals surface area contributed by atoms with Gasteiger partial charge < -0.3 is 5.32 Å². The molecule has 0 radical (unpaired) electrons. The molecule has 0 aliphatic carbocycles. The summed E-state index contributed by atoms with van der Waals surface area (Å²) in [5.41, 5.74) is 0.658. The molecule has 0 unspecified atom stereocenters. The number of anilines is 1. The van der Waals surface area contributed by atoms with Gasteiger partial charge in [-0.3, -0.25) is 4.79 Å². The van der Waals surface area contributed by atoms with Crippen LogP contribution in [0.3, 0.4) is 0 Å². The molecule has 1 amide bonds. The maximum atomic E-state index is 13.4. The van der Waals surface area contributed by atoms with Crippen molar-refractivity contribution in [1.82, 2.24) is 9.78 Å². The third-order valence-electron chi connectivity index (χ3n) is 4.46. The fourth-order valence-electron chi connectivity index (χ4n) is 3.32. The summed E-state index contributed by atoms with van der Waals surface area (Å²) in [5, 5.41) is 7.04. The highest BCUT2D eigenvalue weighted by molar-refractivity contribution is 5.94. The lowest BCUT2D eigenvalue weighted by Gasteiger charge is -2.26. The van der Waals surface area contributed by atoms with Gasteiger partial charge >= 0.3 is 6.18 Å². The third-order valence-corrected chi connectivity index (χ3v) is 4.46. The SMILES string of the molecule is O=C1C[C@@H](c2ccccc2C(F)(F)F)c2cnn(-c3ccccc3)c2N1. The van der Waals surface area contributed by atoms with Gasteiger partial charge in [-0.05, 0) is 23.8 Å². The minimum atomic E-state index is -4.49. The van der Waals surface area contributed by atoms with Crippen molar-refractivity contribution in [1.29, 1.82) is 0 Å². The van der Waals surface area contributed by atoms with Crippen molar-refractivity contribution in [3.63, 3.8) is 0 Å². The second-order valence-corrected chi connectivity index (χ2v) is 6.09. The second kappa shape index (κ2) is 6.01. The monoisotopic (exact) mass is 357 g/mol. The van der Waals surface area contributed by atoms with Crippen molar-refractivity contribution in [3.05, 3.63) is 77.5 Å². The minimum Gasteiger partial charge on any atom is -0.310 e. The van der Waals surface area contributed by atoms with Crippen molar-refractivity contribution in [2.45, 2.75) is 18.5 Å². The summed E-state index contributed by atoms with van der Waals surface area (Å²) in [5.74, 6) is -0.624. The van der Waals surface area contributed by atoms with Crippen molar-refractivity contribution in [2.24, 2.45) is 0 Å². The van der Waals surface area contributed by atoms with E-state index in [0.717, 1.165) is 11.8 Å². The summed E-state index contributed by atoms with van der Waals surface area (Å²) in [6.07, 6.45) is -3.01. The number of carbonyl (C=O) groups is 1. The van der Waals surface area contributed by atoms with Crippen LogP contribution in [0.4, 0.5) is 19.0 Å². The van der Waals surface area contributed by atoms with Crippen molar-refractivity contribution >= 4 is 11.7 Å². The van der Waals surface area contributed by atoms with E-state index in [0.29, 0.717) is 11.4 Å². The number of amides is 1. The molecule has 3 aromatic rings. The summed E-state index contributed by atoms with van der Waals surface area (Å²) in [4.78, 5) is 12.2. The first kappa shape index (κ1) is 16.4. The number of benzene rings is 2. The molecule has 2 aromatic carbocycles. The molecule has 2 heterocycles. The Labute approximate surface area is 147 Å². The van der Waals surface area contributed by atoms with Gasteiger partial charge in [0.15, 0.2) is 0 Å². The van der Waals surface area contributed by atoms with Gasteiger partial charge in [0.25, 0.3) is 0 Å². The average molecular weight is 357 g/mol. The van der Waals surface area contributed by atoms with E-state index in [-0.39, 0.29) is 17.9 Å². The summed E-state index contributed by atoms with van der Waals surface area (Å²) < 4.78 is 41.8. The van der Waals surface area contributed by atoms with Crippen LogP contribution in [0.5, 0.6) is 0 Å². The summed E-state index contributed by atoms with van der Waals surface area (Å²) in [6, 6.07) is 14.5. The lowest BCUT2D eigenvalue weighted by Crippen LogP contribution is -2.26. The fraction of sp³-hybridized carbons (Fsp3) is 0.158. The van der Waals surface area contributed by atoms with E-state index in [2.05, 4.69) is 10.4 Å². The maximum Gasteiger partial charge on any atom is 0.416 e. The second-order valence-electron chi connectivity index (χ2n) is 6.09. The number of para-hydroxylation sites is 1. The Kier molecular flexibility index (Phi) is 3.79. The van der Waals surface area contributed by atoms with Crippen LogP contribution < -0.4 is 5.32 Å². The predicted octanol–water partition coefficient (Wildman–Crippen LogP) is 4.37. The molecule has 4 rings (SSSR count). The van der Waals surface area contributed by atoms with Gasteiger partial charge in [-0.2, -0.15) is 18.3 Å². The molecule has 0 spiro atoms. The first-order chi connectivity index (χ1) is 12.4. The van der Waals surface area contributed by atoms with Crippen LogP contribution in [0, 0.1) is 0 Å². The third kappa shape index (κ3) is 2.75. The van der Waals surface area contributed by atoms with Gasteiger partial charge in [0.05, 0.1) is 17.4 Å². The topological polar surface area (TPSA) is 46.9 Å². The molecular weight excluding hydrogens is 343 g/mol. The quantitative estimate of drug-likeness (QED) is 0.741. The molecule has 1 N–H and O–H groups in total. The molecule has 4 nitrogen and oxygen atoms in total. The van der Waals surface area contributed by atoms with E-state index in [9.17, 15) is 18.0 Å². The highest BCUT2D eigenvalue weighted by Gasteiger charge is 2.38. The fourth-order valence-corrected chi connectivity index (χ4v) is 3.32.